The highest BCUT2D eigenvalue weighted by Gasteiger charge is 2.21. The first-order valence-electron chi connectivity index (χ1n) is 9.34. The second kappa shape index (κ2) is 7.98. The highest BCUT2D eigenvalue weighted by atomic mass is 32.1. The predicted molar refractivity (Wildman–Crippen MR) is 114 cm³/mol. The number of aryl methyl sites for hydroxylation is 3. The average Bonchev–Trinajstić information content (AvgIpc) is 3.34. The van der Waals surface area contributed by atoms with Crippen LogP contribution in [0.3, 0.4) is 0 Å². The molecule has 2 aromatic carbocycles. The molecule has 4 rings (SSSR count). The largest absolute Gasteiger partial charge is 0.467 e. The van der Waals surface area contributed by atoms with E-state index in [2.05, 4.69) is 26.0 Å². The summed E-state index contributed by atoms with van der Waals surface area (Å²) >= 11 is 1.56. The Balaban J connectivity index is 1.63. The number of furan rings is 1. The summed E-state index contributed by atoms with van der Waals surface area (Å²) in [7, 11) is 0. The van der Waals surface area contributed by atoms with Gasteiger partial charge in [0.05, 0.1) is 23.0 Å². The van der Waals surface area contributed by atoms with E-state index in [1.54, 1.807) is 22.5 Å². The van der Waals surface area contributed by atoms with Gasteiger partial charge in [-0.2, -0.15) is 0 Å². The third-order valence-electron chi connectivity index (χ3n) is 4.71. The number of nitrogens with zero attached hydrogens (tertiary/aromatic N) is 2. The van der Waals surface area contributed by atoms with Gasteiger partial charge in [0.1, 0.15) is 5.76 Å². The molecule has 0 aliphatic carbocycles. The van der Waals surface area contributed by atoms with E-state index >= 15 is 0 Å². The summed E-state index contributed by atoms with van der Waals surface area (Å²) in [6.07, 6.45) is 2.77. The van der Waals surface area contributed by atoms with Gasteiger partial charge in [-0.05, 0) is 55.2 Å². The van der Waals surface area contributed by atoms with Crippen LogP contribution in [0.5, 0.6) is 0 Å². The van der Waals surface area contributed by atoms with Gasteiger partial charge in [0.15, 0.2) is 5.13 Å². The highest BCUT2D eigenvalue weighted by Crippen LogP contribution is 2.33. The molecule has 4 nitrogen and oxygen atoms in total. The van der Waals surface area contributed by atoms with Crippen molar-refractivity contribution in [3.8, 4) is 0 Å². The number of fused-ring (bicyclic) bond motifs is 1. The summed E-state index contributed by atoms with van der Waals surface area (Å²) in [4.78, 5) is 19.7. The number of rotatable bonds is 6. The van der Waals surface area contributed by atoms with E-state index in [4.69, 9.17) is 9.40 Å². The van der Waals surface area contributed by atoms with Gasteiger partial charge in [-0.1, -0.05) is 47.7 Å². The number of hydrogen-bond acceptors (Lipinski definition) is 4. The number of thiazole rings is 1. The second-order valence-electron chi connectivity index (χ2n) is 6.97. The van der Waals surface area contributed by atoms with Crippen LogP contribution < -0.4 is 4.90 Å². The second-order valence-corrected chi connectivity index (χ2v) is 7.98. The lowest BCUT2D eigenvalue weighted by molar-refractivity contribution is -0.118. The molecule has 5 heteroatoms. The molecule has 0 aliphatic rings. The Morgan fingerprint density at radius 1 is 1.11 bits per heavy atom. The maximum Gasteiger partial charge on any atom is 0.229 e. The summed E-state index contributed by atoms with van der Waals surface area (Å²) in [5.74, 6) is 0.800. The first-order valence-corrected chi connectivity index (χ1v) is 10.2. The monoisotopic (exact) mass is 390 g/mol. The van der Waals surface area contributed by atoms with Crippen LogP contribution in [0.25, 0.3) is 10.2 Å². The van der Waals surface area contributed by atoms with Crippen molar-refractivity contribution in [3.05, 3.63) is 83.3 Å². The minimum atomic E-state index is 0.0497. The Morgan fingerprint density at radius 2 is 1.93 bits per heavy atom. The van der Waals surface area contributed by atoms with Crippen LogP contribution in [0, 0.1) is 13.8 Å². The van der Waals surface area contributed by atoms with Gasteiger partial charge in [0.2, 0.25) is 5.91 Å². The van der Waals surface area contributed by atoms with Gasteiger partial charge in [-0.25, -0.2) is 4.98 Å². The molecule has 4 aromatic rings. The van der Waals surface area contributed by atoms with Crippen LogP contribution in [0.2, 0.25) is 0 Å². The first kappa shape index (κ1) is 18.4. The number of anilines is 1. The maximum absolute atomic E-state index is 13.1. The van der Waals surface area contributed by atoms with E-state index < -0.39 is 0 Å². The smallest absolute Gasteiger partial charge is 0.229 e. The molecule has 2 heterocycles. The molecular weight excluding hydrogens is 368 g/mol. The van der Waals surface area contributed by atoms with Crippen LogP contribution in [0.15, 0.2) is 65.3 Å². The van der Waals surface area contributed by atoms with Crippen LogP contribution in [0.1, 0.15) is 28.9 Å². The van der Waals surface area contributed by atoms with Crippen molar-refractivity contribution >= 4 is 32.6 Å². The molecule has 0 aliphatic heterocycles. The Bertz CT molecular complexity index is 1080. The van der Waals surface area contributed by atoms with Gasteiger partial charge < -0.3 is 4.42 Å². The molecular formula is C23H22N2O2S. The molecule has 1 amide bonds. The molecule has 0 saturated heterocycles. The number of hydrogen-bond donors (Lipinski definition) is 0. The third kappa shape index (κ3) is 3.99. The zero-order valence-corrected chi connectivity index (χ0v) is 16.8. The van der Waals surface area contributed by atoms with Gasteiger partial charge >= 0.3 is 0 Å². The summed E-state index contributed by atoms with van der Waals surface area (Å²) in [6, 6.07) is 18.1. The summed E-state index contributed by atoms with van der Waals surface area (Å²) in [5, 5.41) is 0.721. The number of aromatic nitrogens is 1. The topological polar surface area (TPSA) is 46.3 Å². The van der Waals surface area contributed by atoms with Gasteiger partial charge in [0, 0.05) is 6.42 Å². The summed E-state index contributed by atoms with van der Waals surface area (Å²) < 4.78 is 6.60. The SMILES string of the molecule is Cc1cc(C)c2nc(N(Cc3ccco3)C(=O)CCc3ccccc3)sc2c1. The number of amides is 1. The molecule has 0 radical (unpaired) electrons. The molecule has 28 heavy (non-hydrogen) atoms. The third-order valence-corrected chi connectivity index (χ3v) is 5.74. The molecule has 0 unspecified atom stereocenters. The zero-order chi connectivity index (χ0) is 19.5. The van der Waals surface area contributed by atoms with E-state index in [-0.39, 0.29) is 5.91 Å². The fourth-order valence-corrected chi connectivity index (χ4v) is 4.48. The van der Waals surface area contributed by atoms with Crippen LogP contribution >= 0.6 is 11.3 Å². The first-order chi connectivity index (χ1) is 13.6. The van der Waals surface area contributed by atoms with Crippen molar-refractivity contribution in [2.75, 3.05) is 4.90 Å². The standard InChI is InChI=1S/C23H22N2O2S/c1-16-13-17(2)22-20(14-16)28-23(24-22)25(15-19-9-6-12-27-19)21(26)11-10-18-7-4-3-5-8-18/h3-9,12-14H,10-11,15H2,1-2H3. The normalized spacial score (nSPS) is 11.1. The quantitative estimate of drug-likeness (QED) is 0.426. The Labute approximate surface area is 168 Å². The van der Waals surface area contributed by atoms with Crippen LogP contribution in [0.4, 0.5) is 5.13 Å². The zero-order valence-electron chi connectivity index (χ0n) is 16.0. The van der Waals surface area contributed by atoms with Gasteiger partial charge in [-0.15, -0.1) is 0 Å². The number of carbonyl (C=O) groups is 1. The van der Waals surface area contributed by atoms with Gasteiger partial charge in [0.25, 0.3) is 0 Å². The summed E-state index contributed by atoms with van der Waals surface area (Å²) in [6.45, 7) is 4.53. The molecule has 0 saturated carbocycles. The minimum absolute atomic E-state index is 0.0497. The van der Waals surface area contributed by atoms with E-state index in [1.807, 2.05) is 42.5 Å². The Morgan fingerprint density at radius 3 is 2.68 bits per heavy atom. The fourth-order valence-electron chi connectivity index (χ4n) is 3.33. The lowest BCUT2D eigenvalue weighted by Gasteiger charge is -2.18. The van der Waals surface area contributed by atoms with Crippen molar-refractivity contribution in [2.45, 2.75) is 33.2 Å². The molecule has 0 atom stereocenters. The van der Waals surface area contributed by atoms with Crippen LogP contribution in [-0.4, -0.2) is 10.9 Å². The van der Waals surface area contributed by atoms with E-state index in [0.717, 1.165) is 32.2 Å². The van der Waals surface area contributed by atoms with E-state index in [9.17, 15) is 4.79 Å². The average molecular weight is 391 g/mol. The number of carbonyl (C=O) groups excluding carboxylic acids is 1. The van der Waals surface area contributed by atoms with E-state index in [1.165, 1.54) is 5.56 Å². The van der Waals surface area contributed by atoms with Crippen molar-refractivity contribution in [2.24, 2.45) is 0 Å². The minimum Gasteiger partial charge on any atom is -0.467 e. The van der Waals surface area contributed by atoms with Crippen molar-refractivity contribution in [1.82, 2.24) is 4.98 Å². The van der Waals surface area contributed by atoms with Crippen molar-refractivity contribution < 1.29 is 9.21 Å². The molecule has 0 spiro atoms. The predicted octanol–water partition coefficient (Wildman–Crippen LogP) is 5.67. The van der Waals surface area contributed by atoms with Crippen molar-refractivity contribution in [1.29, 1.82) is 0 Å². The molecule has 2 aromatic heterocycles. The lowest BCUT2D eigenvalue weighted by Crippen LogP contribution is -2.30. The van der Waals surface area contributed by atoms with Crippen LogP contribution in [-0.2, 0) is 17.8 Å². The van der Waals surface area contributed by atoms with Crippen molar-refractivity contribution in [3.63, 3.8) is 0 Å². The Hall–Kier alpha value is -2.92. The highest BCUT2D eigenvalue weighted by molar-refractivity contribution is 7.22. The molecule has 0 N–H and O–H groups in total. The molecule has 0 fully saturated rings. The summed E-state index contributed by atoms with van der Waals surface area (Å²) in [5.41, 5.74) is 4.45. The van der Waals surface area contributed by atoms with E-state index in [0.29, 0.717) is 19.4 Å². The fraction of sp³-hybridized carbons (Fsp3) is 0.217. The van der Waals surface area contributed by atoms with Gasteiger partial charge in [-0.3, -0.25) is 9.69 Å². The molecule has 142 valence electrons. The maximum atomic E-state index is 13.1. The Kier molecular flexibility index (Phi) is 5.26. The molecule has 0 bridgehead atoms. The lowest BCUT2D eigenvalue weighted by atomic mass is 10.1. The number of benzene rings is 2.